The lowest BCUT2D eigenvalue weighted by molar-refractivity contribution is 0.174. The second kappa shape index (κ2) is 6.00. The van der Waals surface area contributed by atoms with Gasteiger partial charge in [-0.3, -0.25) is 5.10 Å². The molecule has 5 heteroatoms. The summed E-state index contributed by atoms with van der Waals surface area (Å²) in [4.78, 5) is 0. The second-order valence-corrected chi connectivity index (χ2v) is 4.66. The smallest absolute Gasteiger partial charge is 0.0915 e. The number of nitrogens with one attached hydrogen (secondary N) is 2. The summed E-state index contributed by atoms with van der Waals surface area (Å²) in [5, 5.41) is 20.6. The van der Waals surface area contributed by atoms with Crippen molar-refractivity contribution in [3.63, 3.8) is 0 Å². The van der Waals surface area contributed by atoms with Crippen molar-refractivity contribution in [2.45, 2.75) is 19.6 Å². The molecule has 0 bridgehead atoms. The predicted octanol–water partition coefficient (Wildman–Crippen LogP) is 2.19. The summed E-state index contributed by atoms with van der Waals surface area (Å²) < 4.78 is 0. The number of hydrogen-bond donors (Lipinski definition) is 3. The van der Waals surface area contributed by atoms with E-state index in [1.165, 1.54) is 0 Å². The molecule has 1 aromatic carbocycles. The van der Waals surface area contributed by atoms with Crippen LogP contribution in [0.3, 0.4) is 0 Å². The maximum absolute atomic E-state index is 10.00. The number of nitrogens with zero attached hydrogens (tertiary/aromatic N) is 1. The van der Waals surface area contributed by atoms with E-state index in [0.29, 0.717) is 18.1 Å². The Balaban J connectivity index is 1.85. The minimum Gasteiger partial charge on any atom is -0.387 e. The van der Waals surface area contributed by atoms with Gasteiger partial charge in [-0.05, 0) is 24.6 Å². The number of benzene rings is 1. The molecule has 0 amide bonds. The zero-order chi connectivity index (χ0) is 13.0. The fourth-order valence-electron chi connectivity index (χ4n) is 1.73. The Bertz CT molecular complexity index is 512. The van der Waals surface area contributed by atoms with Crippen molar-refractivity contribution in [1.29, 1.82) is 0 Å². The average molecular weight is 266 g/mol. The van der Waals surface area contributed by atoms with Crippen LogP contribution in [0.2, 0.25) is 5.02 Å². The molecule has 0 radical (unpaired) electrons. The van der Waals surface area contributed by atoms with E-state index in [-0.39, 0.29) is 0 Å². The quantitative estimate of drug-likeness (QED) is 0.777. The van der Waals surface area contributed by atoms with Gasteiger partial charge in [-0.1, -0.05) is 23.7 Å². The number of aliphatic hydroxyl groups excluding tert-OH is 1. The summed E-state index contributed by atoms with van der Waals surface area (Å²) in [6.07, 6.45) is 1.23. The Morgan fingerprint density at radius 2 is 2.33 bits per heavy atom. The molecule has 18 heavy (non-hydrogen) atoms. The van der Waals surface area contributed by atoms with Gasteiger partial charge in [0.1, 0.15) is 0 Å². The van der Waals surface area contributed by atoms with Gasteiger partial charge in [0.2, 0.25) is 0 Å². The Hall–Kier alpha value is -1.36. The topological polar surface area (TPSA) is 60.9 Å². The highest BCUT2D eigenvalue weighted by Crippen LogP contribution is 2.17. The standard InChI is InChI=1S/C13H16ClN3O/c1-9-11(7-16-17-9)6-15-8-13(18)10-3-2-4-12(14)5-10/h2-5,7,13,15,18H,6,8H2,1H3,(H,16,17)/t13-/m0/s1. The highest BCUT2D eigenvalue weighted by atomic mass is 35.5. The molecule has 96 valence electrons. The first-order valence-corrected chi connectivity index (χ1v) is 6.17. The van der Waals surface area contributed by atoms with Crippen LogP contribution in [0.15, 0.2) is 30.5 Å². The van der Waals surface area contributed by atoms with Gasteiger partial charge in [0, 0.05) is 29.4 Å². The summed E-state index contributed by atoms with van der Waals surface area (Å²) in [6, 6.07) is 7.26. The molecule has 0 unspecified atom stereocenters. The lowest BCUT2D eigenvalue weighted by atomic mass is 10.1. The largest absolute Gasteiger partial charge is 0.387 e. The summed E-state index contributed by atoms with van der Waals surface area (Å²) in [7, 11) is 0. The zero-order valence-electron chi connectivity index (χ0n) is 10.2. The van der Waals surface area contributed by atoms with E-state index in [4.69, 9.17) is 11.6 Å². The highest BCUT2D eigenvalue weighted by Gasteiger charge is 2.08. The maximum atomic E-state index is 10.00. The Kier molecular flexibility index (Phi) is 4.36. The monoisotopic (exact) mass is 265 g/mol. The van der Waals surface area contributed by atoms with Gasteiger partial charge in [0.15, 0.2) is 0 Å². The minimum absolute atomic E-state index is 0.477. The lowest BCUT2D eigenvalue weighted by Gasteiger charge is -2.12. The number of aliphatic hydroxyl groups is 1. The van der Waals surface area contributed by atoms with Gasteiger partial charge in [-0.25, -0.2) is 0 Å². The van der Waals surface area contributed by atoms with Crippen LogP contribution < -0.4 is 5.32 Å². The number of halogens is 1. The molecule has 0 saturated carbocycles. The number of aromatic amines is 1. The fourth-order valence-corrected chi connectivity index (χ4v) is 1.93. The van der Waals surface area contributed by atoms with Crippen molar-refractivity contribution < 1.29 is 5.11 Å². The van der Waals surface area contributed by atoms with Crippen LogP contribution in [0.1, 0.15) is 22.9 Å². The summed E-state index contributed by atoms with van der Waals surface area (Å²) in [6.45, 7) is 3.13. The summed E-state index contributed by atoms with van der Waals surface area (Å²) in [5.41, 5.74) is 2.96. The van der Waals surface area contributed by atoms with Crippen LogP contribution in [0, 0.1) is 6.92 Å². The van der Waals surface area contributed by atoms with Crippen molar-refractivity contribution in [2.24, 2.45) is 0 Å². The number of aromatic nitrogens is 2. The third-order valence-corrected chi connectivity index (χ3v) is 3.06. The van der Waals surface area contributed by atoms with Gasteiger partial charge in [-0.2, -0.15) is 5.10 Å². The summed E-state index contributed by atoms with van der Waals surface area (Å²) >= 11 is 5.88. The van der Waals surface area contributed by atoms with Crippen LogP contribution in [0.25, 0.3) is 0 Å². The van der Waals surface area contributed by atoms with Crippen molar-refractivity contribution in [3.05, 3.63) is 52.3 Å². The van der Waals surface area contributed by atoms with Crippen molar-refractivity contribution in [2.75, 3.05) is 6.54 Å². The van der Waals surface area contributed by atoms with Crippen LogP contribution in [0.5, 0.6) is 0 Å². The van der Waals surface area contributed by atoms with Crippen LogP contribution in [-0.2, 0) is 6.54 Å². The molecule has 0 aliphatic rings. The van der Waals surface area contributed by atoms with Gasteiger partial charge < -0.3 is 10.4 Å². The minimum atomic E-state index is -0.559. The van der Waals surface area contributed by atoms with E-state index >= 15 is 0 Å². The van der Waals surface area contributed by atoms with Gasteiger partial charge >= 0.3 is 0 Å². The second-order valence-electron chi connectivity index (χ2n) is 4.22. The van der Waals surface area contributed by atoms with E-state index < -0.39 is 6.10 Å². The SMILES string of the molecule is Cc1[nH]ncc1CNC[C@H](O)c1cccc(Cl)c1. The normalized spacial score (nSPS) is 12.6. The zero-order valence-corrected chi connectivity index (χ0v) is 10.9. The Labute approximate surface area is 111 Å². The first kappa shape index (κ1) is 13.1. The molecule has 0 fully saturated rings. The first-order chi connectivity index (χ1) is 8.66. The molecular formula is C13H16ClN3O. The molecule has 1 heterocycles. The van der Waals surface area contributed by atoms with E-state index in [1.807, 2.05) is 19.1 Å². The summed E-state index contributed by atoms with van der Waals surface area (Å²) in [5.74, 6) is 0. The van der Waals surface area contributed by atoms with Crippen LogP contribution in [-0.4, -0.2) is 21.8 Å². The molecular weight excluding hydrogens is 250 g/mol. The van der Waals surface area contributed by atoms with Gasteiger partial charge in [0.25, 0.3) is 0 Å². The number of aryl methyl sites for hydroxylation is 1. The lowest BCUT2D eigenvalue weighted by Crippen LogP contribution is -2.21. The molecule has 0 aliphatic carbocycles. The number of H-pyrrole nitrogens is 1. The molecule has 0 aliphatic heterocycles. The van der Waals surface area contributed by atoms with Crippen LogP contribution >= 0.6 is 11.6 Å². The number of rotatable bonds is 5. The third-order valence-electron chi connectivity index (χ3n) is 2.82. The van der Waals surface area contributed by atoms with E-state index in [0.717, 1.165) is 16.8 Å². The third kappa shape index (κ3) is 3.32. The van der Waals surface area contributed by atoms with Crippen molar-refractivity contribution in [1.82, 2.24) is 15.5 Å². The molecule has 2 rings (SSSR count). The molecule has 1 atom stereocenters. The number of hydrogen-bond acceptors (Lipinski definition) is 3. The van der Waals surface area contributed by atoms with E-state index in [2.05, 4.69) is 15.5 Å². The fraction of sp³-hybridized carbons (Fsp3) is 0.308. The molecule has 2 aromatic rings. The van der Waals surface area contributed by atoms with Gasteiger partial charge in [-0.15, -0.1) is 0 Å². The Morgan fingerprint density at radius 1 is 1.50 bits per heavy atom. The molecule has 4 nitrogen and oxygen atoms in total. The predicted molar refractivity (Wildman–Crippen MR) is 71.4 cm³/mol. The maximum Gasteiger partial charge on any atom is 0.0915 e. The van der Waals surface area contributed by atoms with E-state index in [1.54, 1.807) is 18.3 Å². The van der Waals surface area contributed by atoms with Crippen LogP contribution in [0.4, 0.5) is 0 Å². The Morgan fingerprint density at radius 3 is 3.00 bits per heavy atom. The highest BCUT2D eigenvalue weighted by molar-refractivity contribution is 6.30. The van der Waals surface area contributed by atoms with Crippen molar-refractivity contribution >= 4 is 11.6 Å². The van der Waals surface area contributed by atoms with Crippen molar-refractivity contribution in [3.8, 4) is 0 Å². The first-order valence-electron chi connectivity index (χ1n) is 5.80. The molecule has 0 spiro atoms. The van der Waals surface area contributed by atoms with Gasteiger partial charge in [0.05, 0.1) is 12.3 Å². The molecule has 3 N–H and O–H groups in total. The molecule has 1 aromatic heterocycles. The van der Waals surface area contributed by atoms with E-state index in [9.17, 15) is 5.11 Å². The average Bonchev–Trinajstić information content (AvgIpc) is 2.75. The molecule has 0 saturated heterocycles.